The molecule has 0 N–H and O–H groups in total. The van der Waals surface area contributed by atoms with Gasteiger partial charge in [0.25, 0.3) is 0 Å². The van der Waals surface area contributed by atoms with Gasteiger partial charge >= 0.3 is 11.3 Å². The van der Waals surface area contributed by atoms with Crippen LogP contribution < -0.4 is 9.47 Å². The van der Waals surface area contributed by atoms with E-state index in [1.165, 1.54) is 37.3 Å². The maximum atomic E-state index is 13.9. The number of nitro benzene ring substituents is 1. The molecule has 8 nitrogen and oxygen atoms in total. The molecule has 0 heterocycles. The molecule has 0 fully saturated rings. The first-order chi connectivity index (χ1) is 13.3. The zero-order chi connectivity index (χ0) is 20.9. The van der Waals surface area contributed by atoms with Gasteiger partial charge in [0.05, 0.1) is 4.92 Å². The number of nitrogens with zero attached hydrogens (tertiary/aromatic N) is 3. The number of hydrogen-bond donors (Lipinski definition) is 0. The average Bonchev–Trinajstić information content (AvgIpc) is 2.67. The van der Waals surface area contributed by atoms with E-state index in [4.69, 9.17) is 21.1 Å². The Morgan fingerprint density at radius 3 is 2.46 bits per heavy atom. The molecular formula is C18H11ClFN3O5. The molecule has 0 atom stereocenters. The Hall–Kier alpha value is -3.69. The number of ketones is 1. The monoisotopic (exact) mass is 403 g/mol. The van der Waals surface area contributed by atoms with E-state index in [2.05, 4.69) is 0 Å². The number of halogens is 2. The van der Waals surface area contributed by atoms with Crippen LogP contribution in [-0.2, 0) is 4.79 Å². The van der Waals surface area contributed by atoms with Crippen molar-refractivity contribution in [3.05, 3.63) is 57.4 Å². The van der Waals surface area contributed by atoms with E-state index in [-0.39, 0.29) is 22.9 Å². The van der Waals surface area contributed by atoms with E-state index in [9.17, 15) is 29.8 Å². The first-order valence-electron chi connectivity index (χ1n) is 7.72. The summed E-state index contributed by atoms with van der Waals surface area (Å²) in [5, 5.41) is 29.9. The SMILES string of the molecule is CCC(=O)C(C#N)(C#N)Oc1cc(Oc2ccc(Cl)cc2F)ccc1[N+](=O)[O-]. The molecule has 0 aliphatic rings. The fraction of sp³-hybridized carbons (Fsp3) is 0.167. The number of nitro groups is 1. The number of ether oxygens (including phenoxy) is 2. The number of nitriles is 2. The van der Waals surface area contributed by atoms with Crippen LogP contribution in [0.15, 0.2) is 36.4 Å². The predicted octanol–water partition coefficient (Wildman–Crippen LogP) is 4.32. The van der Waals surface area contributed by atoms with Crippen LogP contribution in [0.2, 0.25) is 5.02 Å². The van der Waals surface area contributed by atoms with Crippen LogP contribution in [0.4, 0.5) is 10.1 Å². The Labute approximate surface area is 163 Å². The number of carbonyl (C=O) groups excluding carboxylic acids is 1. The number of rotatable bonds is 7. The van der Waals surface area contributed by atoms with Crippen LogP contribution >= 0.6 is 11.6 Å². The van der Waals surface area contributed by atoms with E-state index >= 15 is 0 Å². The third-order valence-corrected chi connectivity index (χ3v) is 3.78. The van der Waals surface area contributed by atoms with Crippen molar-refractivity contribution in [1.82, 2.24) is 0 Å². The molecule has 10 heteroatoms. The van der Waals surface area contributed by atoms with Gasteiger partial charge in [-0.25, -0.2) is 4.39 Å². The van der Waals surface area contributed by atoms with Crippen LogP contribution in [0, 0.1) is 38.6 Å². The van der Waals surface area contributed by atoms with E-state index in [0.717, 1.165) is 18.2 Å². The summed E-state index contributed by atoms with van der Waals surface area (Å²) in [5.74, 6) is -2.52. The Morgan fingerprint density at radius 2 is 1.93 bits per heavy atom. The summed E-state index contributed by atoms with van der Waals surface area (Å²) in [6.45, 7) is 1.41. The third-order valence-electron chi connectivity index (χ3n) is 3.54. The van der Waals surface area contributed by atoms with Crippen LogP contribution in [0.3, 0.4) is 0 Å². The predicted molar refractivity (Wildman–Crippen MR) is 94.5 cm³/mol. The molecule has 0 spiro atoms. The largest absolute Gasteiger partial charge is 0.454 e. The lowest BCUT2D eigenvalue weighted by Gasteiger charge is -2.19. The van der Waals surface area contributed by atoms with Crippen LogP contribution in [0.1, 0.15) is 13.3 Å². The Morgan fingerprint density at radius 1 is 1.25 bits per heavy atom. The van der Waals surface area contributed by atoms with Crippen molar-refractivity contribution in [3.8, 4) is 29.4 Å². The van der Waals surface area contributed by atoms with Crippen molar-refractivity contribution in [2.75, 3.05) is 0 Å². The lowest BCUT2D eigenvalue weighted by Crippen LogP contribution is -2.41. The van der Waals surface area contributed by atoms with Crippen molar-refractivity contribution >= 4 is 23.1 Å². The normalized spacial score (nSPS) is 10.5. The number of benzene rings is 2. The molecular weight excluding hydrogens is 393 g/mol. The second-order valence-electron chi connectivity index (χ2n) is 5.35. The minimum Gasteiger partial charge on any atom is -0.454 e. The first-order valence-corrected chi connectivity index (χ1v) is 8.10. The molecule has 0 unspecified atom stereocenters. The molecule has 0 amide bonds. The van der Waals surface area contributed by atoms with Gasteiger partial charge in [0, 0.05) is 23.6 Å². The standard InChI is InChI=1S/C18H11ClFN3O5/c1-2-17(24)18(9-21,10-22)28-16-8-12(4-5-14(16)23(25)26)27-15-6-3-11(19)7-13(15)20/h3-8H,2H2,1H3. The smallest absolute Gasteiger partial charge is 0.339 e. The minimum absolute atomic E-state index is 0.0875. The Bertz CT molecular complexity index is 1010. The quantitative estimate of drug-likeness (QED) is 0.497. The van der Waals surface area contributed by atoms with Crippen molar-refractivity contribution in [1.29, 1.82) is 10.5 Å². The second-order valence-corrected chi connectivity index (χ2v) is 5.78. The number of Topliss-reactive ketones (excluding diaryl/α,β-unsaturated/α-hetero) is 1. The lowest BCUT2D eigenvalue weighted by atomic mass is 10.00. The van der Waals surface area contributed by atoms with Gasteiger partial charge < -0.3 is 9.47 Å². The van der Waals surface area contributed by atoms with Gasteiger partial charge in [-0.3, -0.25) is 14.9 Å². The zero-order valence-electron chi connectivity index (χ0n) is 14.3. The summed E-state index contributed by atoms with van der Waals surface area (Å²) in [7, 11) is 0. The average molecular weight is 404 g/mol. The molecule has 142 valence electrons. The highest BCUT2D eigenvalue weighted by atomic mass is 35.5. The Kier molecular flexibility index (Phi) is 6.14. The molecule has 0 saturated heterocycles. The van der Waals surface area contributed by atoms with Crippen molar-refractivity contribution < 1.29 is 23.6 Å². The van der Waals surface area contributed by atoms with E-state index in [0.29, 0.717) is 0 Å². The van der Waals surface area contributed by atoms with E-state index < -0.39 is 33.6 Å². The van der Waals surface area contributed by atoms with Gasteiger partial charge in [0.1, 0.15) is 17.9 Å². The van der Waals surface area contributed by atoms with Gasteiger partial charge in [-0.2, -0.15) is 10.5 Å². The topological polar surface area (TPSA) is 126 Å². The molecule has 28 heavy (non-hydrogen) atoms. The van der Waals surface area contributed by atoms with E-state index in [1.807, 2.05) is 0 Å². The maximum Gasteiger partial charge on any atom is 0.339 e. The number of carbonyl (C=O) groups is 1. The first kappa shape index (κ1) is 20.6. The van der Waals surface area contributed by atoms with E-state index in [1.54, 1.807) is 0 Å². The minimum atomic E-state index is -2.57. The lowest BCUT2D eigenvalue weighted by molar-refractivity contribution is -0.386. The molecule has 0 aromatic heterocycles. The molecule has 0 bridgehead atoms. The summed E-state index contributed by atoms with van der Waals surface area (Å²) >= 11 is 5.67. The molecule has 0 radical (unpaired) electrons. The van der Waals surface area contributed by atoms with Gasteiger partial charge in [-0.15, -0.1) is 0 Å². The molecule has 2 aromatic rings. The summed E-state index contributed by atoms with van der Waals surface area (Å²) in [6, 6.07) is 9.65. The van der Waals surface area contributed by atoms with Gasteiger partial charge in [-0.05, 0) is 24.3 Å². The summed E-state index contributed by atoms with van der Waals surface area (Å²) in [5.41, 5.74) is -3.17. The molecule has 0 saturated carbocycles. The molecule has 2 rings (SSSR count). The summed E-state index contributed by atoms with van der Waals surface area (Å²) in [4.78, 5) is 22.4. The van der Waals surface area contributed by atoms with Crippen molar-refractivity contribution in [3.63, 3.8) is 0 Å². The van der Waals surface area contributed by atoms with Crippen LogP contribution in [-0.4, -0.2) is 16.3 Å². The Balaban J connectivity index is 2.49. The highest BCUT2D eigenvalue weighted by Crippen LogP contribution is 2.36. The number of hydrogen-bond acceptors (Lipinski definition) is 7. The van der Waals surface area contributed by atoms with Gasteiger partial charge in [0.2, 0.25) is 11.5 Å². The van der Waals surface area contributed by atoms with Gasteiger partial charge in [-0.1, -0.05) is 18.5 Å². The summed E-state index contributed by atoms with van der Waals surface area (Å²) < 4.78 is 24.4. The molecule has 0 aliphatic heterocycles. The molecule has 0 aliphatic carbocycles. The van der Waals surface area contributed by atoms with Crippen LogP contribution in [0.5, 0.6) is 17.2 Å². The fourth-order valence-corrected chi connectivity index (χ4v) is 2.30. The van der Waals surface area contributed by atoms with Gasteiger partial charge in [0.15, 0.2) is 11.6 Å². The highest BCUT2D eigenvalue weighted by molar-refractivity contribution is 6.30. The highest BCUT2D eigenvalue weighted by Gasteiger charge is 2.42. The van der Waals surface area contributed by atoms with Crippen molar-refractivity contribution in [2.24, 2.45) is 0 Å². The third kappa shape index (κ3) is 4.17. The van der Waals surface area contributed by atoms with Crippen molar-refractivity contribution in [2.45, 2.75) is 18.9 Å². The summed E-state index contributed by atoms with van der Waals surface area (Å²) in [6.07, 6.45) is -0.207. The zero-order valence-corrected chi connectivity index (χ0v) is 15.1. The second kappa shape index (κ2) is 8.33. The van der Waals surface area contributed by atoms with Crippen LogP contribution in [0.25, 0.3) is 0 Å². The molecule has 2 aromatic carbocycles. The fourth-order valence-electron chi connectivity index (χ4n) is 2.14. The maximum absolute atomic E-state index is 13.9.